The van der Waals surface area contributed by atoms with Gasteiger partial charge in [-0.2, -0.15) is 0 Å². The number of aromatic nitrogens is 1. The second kappa shape index (κ2) is 6.36. The van der Waals surface area contributed by atoms with Crippen LogP contribution in [0.2, 0.25) is 0 Å². The van der Waals surface area contributed by atoms with Gasteiger partial charge in [-0.1, -0.05) is 6.07 Å². The van der Waals surface area contributed by atoms with Crippen LogP contribution in [0.4, 0.5) is 0 Å². The lowest BCUT2D eigenvalue weighted by Crippen LogP contribution is -2.28. The van der Waals surface area contributed by atoms with Gasteiger partial charge in [-0.3, -0.25) is 4.79 Å². The number of fused-ring (bicyclic) bond motifs is 1. The Bertz CT molecular complexity index is 684. The fraction of sp³-hybridized carbons (Fsp3) is 0.375. The molecule has 1 aromatic carbocycles. The number of aryl methyl sites for hydroxylation is 1. The first-order valence-corrected chi connectivity index (χ1v) is 8.09. The van der Waals surface area contributed by atoms with E-state index in [1.165, 1.54) is 0 Å². The predicted molar refractivity (Wildman–Crippen MR) is 84.5 cm³/mol. The van der Waals surface area contributed by atoms with E-state index in [-0.39, 0.29) is 11.9 Å². The van der Waals surface area contributed by atoms with Gasteiger partial charge in [-0.25, -0.2) is 4.98 Å². The Morgan fingerprint density at radius 2 is 2.14 bits per heavy atom. The largest absolute Gasteiger partial charge is 0.486 e. The molecule has 1 N–H and O–H groups in total. The third-order valence-corrected chi connectivity index (χ3v) is 4.27. The van der Waals surface area contributed by atoms with Crippen LogP contribution in [-0.4, -0.2) is 24.1 Å². The Hall–Kier alpha value is -2.08. The number of carbonyl (C=O) groups is 1. The Balaban J connectivity index is 1.63. The summed E-state index contributed by atoms with van der Waals surface area (Å²) in [5.41, 5.74) is 1.81. The third-order valence-electron chi connectivity index (χ3n) is 3.45. The molecule has 0 saturated carbocycles. The number of ether oxygens (including phenoxy) is 2. The average molecular weight is 318 g/mol. The Labute approximate surface area is 133 Å². The second-order valence-corrected chi connectivity index (χ2v) is 6.29. The molecule has 1 unspecified atom stereocenters. The number of amides is 1. The zero-order valence-electron chi connectivity index (χ0n) is 12.6. The van der Waals surface area contributed by atoms with Gasteiger partial charge in [0.25, 0.3) is 0 Å². The van der Waals surface area contributed by atoms with Crippen LogP contribution in [0.25, 0.3) is 0 Å². The summed E-state index contributed by atoms with van der Waals surface area (Å²) in [4.78, 5) is 16.4. The van der Waals surface area contributed by atoms with Crippen molar-refractivity contribution in [3.63, 3.8) is 0 Å². The lowest BCUT2D eigenvalue weighted by atomic mass is 10.1. The SMILES string of the molecule is Cc1nc(CC(=O)NC(C)c2ccc3c(c2)OCCO3)cs1. The minimum atomic E-state index is -0.0944. The summed E-state index contributed by atoms with van der Waals surface area (Å²) in [6.45, 7) is 5.02. The fourth-order valence-electron chi connectivity index (χ4n) is 2.36. The second-order valence-electron chi connectivity index (χ2n) is 5.23. The van der Waals surface area contributed by atoms with Crippen LogP contribution in [0.3, 0.4) is 0 Å². The number of thiazole rings is 1. The molecule has 22 heavy (non-hydrogen) atoms. The zero-order chi connectivity index (χ0) is 15.5. The number of hydrogen-bond acceptors (Lipinski definition) is 5. The van der Waals surface area contributed by atoms with Crippen LogP contribution in [0.5, 0.6) is 11.5 Å². The van der Waals surface area contributed by atoms with E-state index in [9.17, 15) is 4.79 Å². The lowest BCUT2D eigenvalue weighted by Gasteiger charge is -2.21. The Kier molecular flexibility index (Phi) is 4.29. The van der Waals surface area contributed by atoms with Crippen LogP contribution in [0.15, 0.2) is 23.6 Å². The van der Waals surface area contributed by atoms with Crippen molar-refractivity contribution in [2.24, 2.45) is 0 Å². The molecule has 0 saturated heterocycles. The summed E-state index contributed by atoms with van der Waals surface area (Å²) >= 11 is 1.56. The van der Waals surface area contributed by atoms with E-state index in [2.05, 4.69) is 10.3 Å². The van der Waals surface area contributed by atoms with Gasteiger partial charge in [-0.15, -0.1) is 11.3 Å². The average Bonchev–Trinajstić information content (AvgIpc) is 2.91. The number of rotatable bonds is 4. The molecule has 0 aliphatic carbocycles. The van der Waals surface area contributed by atoms with Crippen molar-refractivity contribution in [2.75, 3.05) is 13.2 Å². The first kappa shape index (κ1) is 14.8. The summed E-state index contributed by atoms with van der Waals surface area (Å²) in [6.07, 6.45) is 0.305. The van der Waals surface area contributed by atoms with Crippen LogP contribution < -0.4 is 14.8 Å². The number of benzene rings is 1. The maximum atomic E-state index is 12.1. The minimum Gasteiger partial charge on any atom is -0.486 e. The van der Waals surface area contributed by atoms with Gasteiger partial charge in [0, 0.05) is 5.38 Å². The monoisotopic (exact) mass is 318 g/mol. The first-order chi connectivity index (χ1) is 10.6. The first-order valence-electron chi connectivity index (χ1n) is 7.22. The van der Waals surface area contributed by atoms with Crippen LogP contribution in [0, 0.1) is 6.92 Å². The molecule has 0 spiro atoms. The van der Waals surface area contributed by atoms with Crippen molar-refractivity contribution >= 4 is 17.2 Å². The minimum absolute atomic E-state index is 0.0345. The van der Waals surface area contributed by atoms with Gasteiger partial charge >= 0.3 is 0 Å². The smallest absolute Gasteiger partial charge is 0.226 e. The molecule has 2 aromatic rings. The topological polar surface area (TPSA) is 60.5 Å². The van der Waals surface area contributed by atoms with Crippen molar-refractivity contribution < 1.29 is 14.3 Å². The molecular formula is C16H18N2O3S. The highest BCUT2D eigenvalue weighted by Gasteiger charge is 2.16. The molecule has 1 aliphatic heterocycles. The number of nitrogens with zero attached hydrogens (tertiary/aromatic N) is 1. The summed E-state index contributed by atoms with van der Waals surface area (Å²) in [6, 6.07) is 5.66. The predicted octanol–water partition coefficient (Wildman–Crippen LogP) is 2.64. The van der Waals surface area contributed by atoms with Gasteiger partial charge in [0.15, 0.2) is 11.5 Å². The Morgan fingerprint density at radius 3 is 2.86 bits per heavy atom. The third kappa shape index (κ3) is 3.39. The standard InChI is InChI=1S/C16H18N2O3S/c1-10(17-16(19)8-13-9-22-11(2)18-13)12-3-4-14-15(7-12)21-6-5-20-14/h3-4,7,9-10H,5-6,8H2,1-2H3,(H,17,19). The van der Waals surface area contributed by atoms with Crippen molar-refractivity contribution in [1.82, 2.24) is 10.3 Å². The van der Waals surface area contributed by atoms with E-state index in [0.717, 1.165) is 27.8 Å². The molecule has 0 radical (unpaired) electrons. The van der Waals surface area contributed by atoms with Crippen LogP contribution >= 0.6 is 11.3 Å². The number of hydrogen-bond donors (Lipinski definition) is 1. The highest BCUT2D eigenvalue weighted by molar-refractivity contribution is 7.09. The van der Waals surface area contributed by atoms with Gasteiger partial charge in [-0.05, 0) is 31.5 Å². The summed E-state index contributed by atoms with van der Waals surface area (Å²) in [7, 11) is 0. The molecule has 0 fully saturated rings. The van der Waals surface area contributed by atoms with E-state index in [1.54, 1.807) is 11.3 Å². The summed E-state index contributed by atoms with van der Waals surface area (Å²) < 4.78 is 11.1. The van der Waals surface area contributed by atoms with Crippen LogP contribution in [0.1, 0.15) is 29.2 Å². The lowest BCUT2D eigenvalue weighted by molar-refractivity contribution is -0.121. The van der Waals surface area contributed by atoms with Crippen molar-refractivity contribution in [3.05, 3.63) is 39.8 Å². The van der Waals surface area contributed by atoms with Crippen LogP contribution in [-0.2, 0) is 11.2 Å². The maximum Gasteiger partial charge on any atom is 0.226 e. The quantitative estimate of drug-likeness (QED) is 0.941. The molecule has 1 aromatic heterocycles. The van der Waals surface area contributed by atoms with Gasteiger partial charge in [0.2, 0.25) is 5.91 Å². The van der Waals surface area contributed by atoms with E-state index in [0.29, 0.717) is 19.6 Å². The number of nitrogens with one attached hydrogen (secondary N) is 1. The van der Waals surface area contributed by atoms with E-state index in [1.807, 2.05) is 37.4 Å². The van der Waals surface area contributed by atoms with Crippen molar-refractivity contribution in [1.29, 1.82) is 0 Å². The highest BCUT2D eigenvalue weighted by Crippen LogP contribution is 2.32. The molecule has 0 bridgehead atoms. The van der Waals surface area contributed by atoms with Gasteiger partial charge in [0.1, 0.15) is 13.2 Å². The Morgan fingerprint density at radius 1 is 1.36 bits per heavy atom. The molecule has 2 heterocycles. The molecule has 6 heteroatoms. The van der Waals surface area contributed by atoms with E-state index >= 15 is 0 Å². The molecule has 1 aliphatic rings. The maximum absolute atomic E-state index is 12.1. The molecule has 3 rings (SSSR count). The van der Waals surface area contributed by atoms with E-state index in [4.69, 9.17) is 9.47 Å². The normalized spacial score (nSPS) is 14.5. The van der Waals surface area contributed by atoms with E-state index < -0.39 is 0 Å². The summed E-state index contributed by atoms with van der Waals surface area (Å²) in [5.74, 6) is 1.46. The molecule has 1 atom stereocenters. The molecule has 1 amide bonds. The van der Waals surface area contributed by atoms with Crippen molar-refractivity contribution in [2.45, 2.75) is 26.3 Å². The fourth-order valence-corrected chi connectivity index (χ4v) is 2.97. The van der Waals surface area contributed by atoms with Gasteiger partial charge < -0.3 is 14.8 Å². The number of carbonyl (C=O) groups excluding carboxylic acids is 1. The molecule has 5 nitrogen and oxygen atoms in total. The zero-order valence-corrected chi connectivity index (χ0v) is 13.4. The highest BCUT2D eigenvalue weighted by atomic mass is 32.1. The van der Waals surface area contributed by atoms with Gasteiger partial charge in [0.05, 0.1) is 23.2 Å². The van der Waals surface area contributed by atoms with Crippen molar-refractivity contribution in [3.8, 4) is 11.5 Å². The molecule has 116 valence electrons. The summed E-state index contributed by atoms with van der Waals surface area (Å²) in [5, 5.41) is 5.89. The molecular weight excluding hydrogens is 300 g/mol.